The van der Waals surface area contributed by atoms with Crippen LogP contribution in [0.25, 0.3) is 27.6 Å². The summed E-state index contributed by atoms with van der Waals surface area (Å²) in [7, 11) is 7.34. The summed E-state index contributed by atoms with van der Waals surface area (Å²) in [6.07, 6.45) is 1.14. The third-order valence-corrected chi connectivity index (χ3v) is 12.0. The van der Waals surface area contributed by atoms with E-state index in [0.29, 0.717) is 0 Å². The van der Waals surface area contributed by atoms with Crippen LogP contribution >= 0.6 is 10.0 Å². The minimum Gasteiger partial charge on any atom is -0.385 e. The molecule has 0 saturated carbocycles. The van der Waals surface area contributed by atoms with E-state index in [2.05, 4.69) is 25.0 Å². The number of fused-ring (bicyclic) bond motifs is 14. The predicted octanol–water partition coefficient (Wildman–Crippen LogP) is 6.48. The zero-order valence-electron chi connectivity index (χ0n) is 24.3. The molecule has 50 heavy (non-hydrogen) atoms. The summed E-state index contributed by atoms with van der Waals surface area (Å²) in [5.41, 5.74) is -2.56. The van der Waals surface area contributed by atoms with Gasteiger partial charge in [-0.05, 0) is 54.6 Å². The van der Waals surface area contributed by atoms with E-state index in [1.54, 1.807) is 0 Å². The second-order valence-electron chi connectivity index (χ2n) is 11.6. The Labute approximate surface area is 280 Å². The molecule has 0 fully saturated rings. The lowest BCUT2D eigenvalue weighted by molar-refractivity contribution is 0.596. The molecule has 4 aliphatic heterocycles. The van der Waals surface area contributed by atoms with Crippen molar-refractivity contribution in [2.24, 2.45) is 25.0 Å². The Morgan fingerprint density at radius 1 is 0.440 bits per heavy atom. The molecule has 2 aromatic heterocycles. The Hall–Kier alpha value is -5.43. The molecule has 6 aromatic rings. The van der Waals surface area contributed by atoms with Gasteiger partial charge in [0.25, 0.3) is 0 Å². The van der Waals surface area contributed by atoms with Crippen LogP contribution in [0.2, 0.25) is 0 Å². The molecule has 6 heterocycles. The Morgan fingerprint density at radius 2 is 0.860 bits per heavy atom. The lowest BCUT2D eigenvalue weighted by Gasteiger charge is -2.15. The van der Waals surface area contributed by atoms with E-state index in [-0.39, 0.29) is 11.1 Å². The largest absolute Gasteiger partial charge is 0.721 e. The van der Waals surface area contributed by atoms with Crippen LogP contribution in [0.1, 0.15) is 22.3 Å². The predicted molar refractivity (Wildman–Crippen MR) is 170 cm³/mol. The van der Waals surface area contributed by atoms with Crippen LogP contribution in [0.3, 0.4) is 0 Å². The van der Waals surface area contributed by atoms with Gasteiger partial charge in [-0.25, -0.2) is 60.1 Å². The van der Waals surface area contributed by atoms with E-state index < -0.39 is 139 Å². The smallest absolute Gasteiger partial charge is 0.385 e. The van der Waals surface area contributed by atoms with Gasteiger partial charge in [-0.1, -0.05) is 0 Å². The third kappa shape index (κ3) is 3.62. The third-order valence-electron chi connectivity index (χ3n) is 8.99. The van der Waals surface area contributed by atoms with Gasteiger partial charge in [0.05, 0.1) is 44.1 Å². The normalized spacial score (nSPS) is 15.3. The van der Waals surface area contributed by atoms with Crippen molar-refractivity contribution < 1.29 is 35.1 Å². The second-order valence-corrected chi connectivity index (χ2v) is 14.4. The van der Waals surface area contributed by atoms with Gasteiger partial charge in [0.15, 0.2) is 17.5 Å². The molecule has 7 nitrogen and oxygen atoms in total. The van der Waals surface area contributed by atoms with Gasteiger partial charge in [-0.15, -0.1) is 0 Å². The van der Waals surface area contributed by atoms with Gasteiger partial charge in [0.1, 0.15) is 63.7 Å². The van der Waals surface area contributed by atoms with E-state index in [1.807, 2.05) is 0 Å². The number of benzene rings is 4. The van der Waals surface area contributed by atoms with Crippen LogP contribution in [0.5, 0.6) is 0 Å². The number of rotatable bonds is 0. The fourth-order valence-electron chi connectivity index (χ4n) is 6.94. The van der Waals surface area contributed by atoms with Crippen LogP contribution in [0.4, 0.5) is 46.8 Å². The number of halogens is 9. The first-order chi connectivity index (χ1) is 24.0. The fourth-order valence-corrected chi connectivity index (χ4v) is 9.91. The average molecular weight is 718 g/mol. The highest BCUT2D eigenvalue weighted by Gasteiger charge is 2.41. The number of aliphatic imine (C=N–C) groups is 4. The van der Waals surface area contributed by atoms with E-state index in [4.69, 9.17) is 10.0 Å². The van der Waals surface area contributed by atoms with Crippen molar-refractivity contribution in [2.75, 3.05) is 0 Å². The topological polar surface area (TPSA) is 71.7 Å². The van der Waals surface area contributed by atoms with Crippen molar-refractivity contribution in [3.8, 4) is 0 Å². The number of amidine groups is 3. The molecular weight excluding hydrogens is 709 g/mol. The molecule has 0 aliphatic carbocycles. The first-order valence-corrected chi connectivity index (χ1v) is 17.4. The molecule has 0 saturated heterocycles. The van der Waals surface area contributed by atoms with E-state index in [9.17, 15) is 0 Å². The molecule has 10 rings (SSSR count). The Kier molecular flexibility index (Phi) is 5.80. The van der Waals surface area contributed by atoms with Gasteiger partial charge < -0.3 is 7.10 Å². The van der Waals surface area contributed by atoms with E-state index >= 15 is 35.1 Å². The van der Waals surface area contributed by atoms with Crippen molar-refractivity contribution in [2.45, 2.75) is 0 Å². The molecule has 6 bridgehead atoms. The van der Waals surface area contributed by atoms with E-state index in [1.165, 1.54) is 0 Å². The molecule has 0 radical (unpaired) electrons. The van der Waals surface area contributed by atoms with Crippen molar-refractivity contribution in [3.63, 3.8) is 0 Å². The maximum atomic E-state index is 16.0. The van der Waals surface area contributed by atoms with E-state index in [0.717, 1.165) is 61.7 Å². The zero-order chi connectivity index (χ0) is 34.5. The summed E-state index contributed by atoms with van der Waals surface area (Å²) >= 11 is -3.82. The Morgan fingerprint density at radius 3 is 1.42 bits per heavy atom. The van der Waals surface area contributed by atoms with Crippen LogP contribution in [-0.2, 0) is 0 Å². The highest BCUT2D eigenvalue weighted by molar-refractivity contribution is 7.05. The van der Waals surface area contributed by atoms with Gasteiger partial charge in [-0.2, -0.15) is 10.0 Å². The number of aromatic nitrogens is 2. The van der Waals surface area contributed by atoms with Crippen LogP contribution < -0.4 is 10.8 Å². The van der Waals surface area contributed by atoms with Gasteiger partial charge in [0.2, 0.25) is 0 Å². The Balaban J connectivity index is 1.55. The van der Waals surface area contributed by atoms with Gasteiger partial charge >= 0.3 is 13.7 Å². The molecule has 4 aromatic carbocycles. The van der Waals surface area contributed by atoms with Crippen LogP contribution in [0.15, 0.2) is 73.5 Å². The molecule has 0 unspecified atom stereocenters. The van der Waals surface area contributed by atoms with Gasteiger partial charge in [0, 0.05) is 10.7 Å². The molecule has 0 spiro atoms. The summed E-state index contributed by atoms with van der Waals surface area (Å²) in [6.45, 7) is 0. The number of nitrogens with zero attached hydrogens (tertiary/aromatic N) is 7. The lowest BCUT2D eigenvalue weighted by atomic mass is 10.0. The maximum absolute atomic E-state index is 16.0. The fraction of sp³-hybridized carbons (Fsp3) is 0. The first-order valence-electron chi connectivity index (χ1n) is 14.6. The highest BCUT2D eigenvalue weighted by atomic mass is 35.6. The summed E-state index contributed by atoms with van der Waals surface area (Å²) in [5.74, 6) is -10.5. The Bertz CT molecular complexity index is 2750. The van der Waals surface area contributed by atoms with Crippen molar-refractivity contribution in [1.82, 2.24) is 7.10 Å². The average Bonchev–Trinajstić information content (AvgIpc) is 3.81. The molecule has 0 N–H and O–H groups in total. The highest BCUT2D eigenvalue weighted by Crippen LogP contribution is 2.44. The summed E-state index contributed by atoms with van der Waals surface area (Å²) < 4.78 is 128. The molecule has 17 heteroatoms. The summed E-state index contributed by atoms with van der Waals surface area (Å²) in [4.78, 5) is 21.9. The number of hydrogen-bond donors (Lipinski definition) is 0. The van der Waals surface area contributed by atoms with Crippen LogP contribution in [-0.4, -0.2) is 44.0 Å². The second kappa shape index (κ2) is 9.84. The molecule has 0 amide bonds. The maximum Gasteiger partial charge on any atom is 0.721 e. The minimum absolute atomic E-state index is 0.252. The van der Waals surface area contributed by atoms with Gasteiger partial charge in [-0.3, -0.25) is 0 Å². The van der Waals surface area contributed by atoms with Crippen molar-refractivity contribution >= 4 is 86.2 Å². The zero-order valence-corrected chi connectivity index (χ0v) is 26.2. The van der Waals surface area contributed by atoms with Crippen molar-refractivity contribution in [3.05, 3.63) is 128 Å². The molecule has 0 atom stereocenters. The molecular formula is C33H9AlClF8N7. The van der Waals surface area contributed by atoms with Crippen molar-refractivity contribution in [1.29, 1.82) is 0 Å². The SMILES string of the molecule is Fc1ccc(F)c2c1C1=NC2=Nc2c3c(F)ccc(F)c3c3[n]2[Al]([Cl])[n]2c(c4c(F)ccc(F)c4c2=NC2=NC(=N3)c3c(F)ccc(F)c32)=C1. The molecule has 4 aliphatic rings. The standard InChI is InChI=1S/C33H9F8N7.Al.ClH/c34-10-1-3-12(36)22-20(10)18-9-19-21-11(35)2-4-13(37)23(21)29(43-19)45-31-25-15(39)6-8-17(41)27(25)33(47-31)48-32-26-16(40)7-5-14(38)24(26)30(46-32)44-28(22)42-18;;/h1-9H;;1H/q-2;+3;/p-1. The minimum atomic E-state index is -3.82. The van der Waals surface area contributed by atoms with Crippen LogP contribution in [0, 0.1) is 46.5 Å². The monoisotopic (exact) mass is 717 g/mol. The summed E-state index contributed by atoms with van der Waals surface area (Å²) in [6, 6.07) is 6.48. The summed E-state index contributed by atoms with van der Waals surface area (Å²) in [5, 5.41) is -2.24. The first kappa shape index (κ1) is 29.5. The molecule has 242 valence electrons. The lowest BCUT2D eigenvalue weighted by Crippen LogP contribution is -2.43. The number of hydrogen-bond acceptors (Lipinski definition) is 5. The quantitative estimate of drug-likeness (QED) is 0.128.